The van der Waals surface area contributed by atoms with E-state index in [9.17, 15) is 0 Å². The zero-order valence-electron chi connectivity index (χ0n) is 37.7. The van der Waals surface area contributed by atoms with Gasteiger partial charge in [0.1, 0.15) is 0 Å². The second kappa shape index (κ2) is 20.4. The van der Waals surface area contributed by atoms with Gasteiger partial charge in [0.05, 0.1) is 11.0 Å². The van der Waals surface area contributed by atoms with Crippen molar-refractivity contribution < 1.29 is 0 Å². The fraction of sp³-hybridized carbons (Fsp3) is 0.0806. The van der Waals surface area contributed by atoms with E-state index >= 15 is 0 Å². The summed E-state index contributed by atoms with van der Waals surface area (Å²) >= 11 is 0. The van der Waals surface area contributed by atoms with E-state index in [2.05, 4.69) is 230 Å². The molecule has 9 aromatic carbocycles. The highest BCUT2D eigenvalue weighted by Crippen LogP contribution is 2.37. The number of anilines is 1. The van der Waals surface area contributed by atoms with Gasteiger partial charge in [-0.05, 0) is 117 Å². The molecule has 0 saturated carbocycles. The Bertz CT molecular complexity index is 3190. The number of aryl methyl sites for hydroxylation is 1. The molecule has 0 saturated heterocycles. The SMILES string of the molecule is C=N/C=C\C(C)c1cccc(-c2ccc(-c3ccc(-c4ccccc4)cc3)cc2)c1.CC.Cc1ccc(-c2ccc3c(c2)c2ccccc2n3-c2ccccc2)cc1-c1ccccc1N. The van der Waals surface area contributed by atoms with Gasteiger partial charge in [-0.25, -0.2) is 0 Å². The van der Waals surface area contributed by atoms with Crippen LogP contribution in [0.25, 0.3) is 83.1 Å². The third-order valence-corrected chi connectivity index (χ3v) is 11.9. The molecule has 65 heavy (non-hydrogen) atoms. The molecule has 0 aliphatic rings. The monoisotopic (exact) mass is 841 g/mol. The number of rotatable bonds is 9. The first-order chi connectivity index (χ1) is 31.9. The second-order valence-electron chi connectivity index (χ2n) is 16.0. The summed E-state index contributed by atoms with van der Waals surface area (Å²) in [4.78, 5) is 3.81. The van der Waals surface area contributed by atoms with Crippen LogP contribution in [0, 0.1) is 6.92 Å². The van der Waals surface area contributed by atoms with Gasteiger partial charge in [-0.2, -0.15) is 0 Å². The van der Waals surface area contributed by atoms with Crippen LogP contribution in [0.5, 0.6) is 0 Å². The number of nitrogen functional groups attached to an aromatic ring is 1. The molecule has 1 unspecified atom stereocenters. The van der Waals surface area contributed by atoms with Gasteiger partial charge >= 0.3 is 0 Å². The maximum Gasteiger partial charge on any atom is 0.0541 e. The largest absolute Gasteiger partial charge is 0.398 e. The Labute approximate surface area is 384 Å². The van der Waals surface area contributed by atoms with Crippen LogP contribution >= 0.6 is 0 Å². The van der Waals surface area contributed by atoms with Crippen LogP contribution in [0.3, 0.4) is 0 Å². The van der Waals surface area contributed by atoms with Gasteiger partial charge in [0.2, 0.25) is 0 Å². The Morgan fingerprint density at radius 2 is 0.954 bits per heavy atom. The molecule has 3 nitrogen and oxygen atoms in total. The van der Waals surface area contributed by atoms with Gasteiger partial charge in [-0.3, -0.25) is 4.99 Å². The maximum atomic E-state index is 6.30. The van der Waals surface area contributed by atoms with E-state index in [1.54, 1.807) is 6.20 Å². The zero-order chi connectivity index (χ0) is 45.1. The van der Waals surface area contributed by atoms with Crippen molar-refractivity contribution in [2.24, 2.45) is 4.99 Å². The predicted octanol–water partition coefficient (Wildman–Crippen LogP) is 17.0. The molecule has 10 rings (SSSR count). The Balaban J connectivity index is 0.000000172. The Kier molecular flexibility index (Phi) is 13.7. The van der Waals surface area contributed by atoms with E-state index in [1.165, 1.54) is 88.7 Å². The summed E-state index contributed by atoms with van der Waals surface area (Å²) in [7, 11) is 0. The first-order valence-electron chi connectivity index (χ1n) is 22.5. The van der Waals surface area contributed by atoms with Gasteiger partial charge in [0.15, 0.2) is 0 Å². The Morgan fingerprint density at radius 1 is 0.462 bits per heavy atom. The summed E-state index contributed by atoms with van der Waals surface area (Å²) < 4.78 is 2.35. The van der Waals surface area contributed by atoms with E-state index < -0.39 is 0 Å². The van der Waals surface area contributed by atoms with Crippen molar-refractivity contribution in [3.63, 3.8) is 0 Å². The molecular formula is C62H55N3. The number of hydrogen-bond donors (Lipinski definition) is 1. The standard InChI is InChI=1S/C31H24N2.C29H25N.C2H6/c1-21-15-16-22(19-27(21)25-11-5-7-13-29(25)32)23-17-18-31-28(20-23)26-12-6-8-14-30(26)33(31)24-9-3-2-4-10-24;1-22(19-20-30-2)28-9-6-10-29(21-28)27-17-15-26(16-18-27)25-13-11-24(12-14-25)23-7-4-3-5-8-23;1-2/h2-20H,32H2,1H3;3-22H,2H2,1H3;1-2H3/b;20-19-;. The van der Waals surface area contributed by atoms with E-state index in [4.69, 9.17) is 5.73 Å². The van der Waals surface area contributed by atoms with Crippen LogP contribution in [0.2, 0.25) is 0 Å². The molecule has 1 heterocycles. The molecule has 0 fully saturated rings. The molecule has 1 aromatic heterocycles. The van der Waals surface area contributed by atoms with Crippen LogP contribution in [0.4, 0.5) is 5.69 Å². The van der Waals surface area contributed by atoms with Crippen molar-refractivity contribution >= 4 is 34.2 Å². The maximum absolute atomic E-state index is 6.30. The molecule has 0 bridgehead atoms. The number of benzene rings is 9. The molecule has 0 spiro atoms. The predicted molar refractivity (Wildman–Crippen MR) is 282 cm³/mol. The molecule has 0 aliphatic heterocycles. The van der Waals surface area contributed by atoms with Crippen molar-refractivity contribution in [1.82, 2.24) is 4.57 Å². The van der Waals surface area contributed by atoms with Gasteiger partial charge in [0.25, 0.3) is 0 Å². The van der Waals surface area contributed by atoms with Crippen LogP contribution in [-0.2, 0) is 0 Å². The summed E-state index contributed by atoms with van der Waals surface area (Å²) in [6, 6.07) is 77.5. The lowest BCUT2D eigenvalue weighted by Gasteiger charge is -2.12. The quantitative estimate of drug-likeness (QED) is 0.114. The Morgan fingerprint density at radius 3 is 1.62 bits per heavy atom. The third kappa shape index (κ3) is 9.66. The van der Waals surface area contributed by atoms with Crippen LogP contribution in [0.1, 0.15) is 37.8 Å². The van der Waals surface area contributed by atoms with E-state index in [1.807, 2.05) is 38.1 Å². The number of nitrogens with zero attached hydrogens (tertiary/aromatic N) is 2. The molecule has 0 amide bonds. The molecule has 318 valence electrons. The average molecular weight is 842 g/mol. The number of para-hydroxylation sites is 3. The molecule has 10 aromatic rings. The topological polar surface area (TPSA) is 43.3 Å². The molecule has 0 radical (unpaired) electrons. The summed E-state index contributed by atoms with van der Waals surface area (Å²) in [5.41, 5.74) is 25.2. The molecular weight excluding hydrogens is 787 g/mol. The van der Waals surface area contributed by atoms with Gasteiger partial charge in [-0.15, -0.1) is 0 Å². The second-order valence-corrected chi connectivity index (χ2v) is 16.0. The number of allylic oxidation sites excluding steroid dienone is 1. The first kappa shape index (κ1) is 43.6. The zero-order valence-corrected chi connectivity index (χ0v) is 37.7. The van der Waals surface area contributed by atoms with E-state index in [-0.39, 0.29) is 0 Å². The molecule has 0 aliphatic carbocycles. The molecule has 1 atom stereocenters. The van der Waals surface area contributed by atoms with Gasteiger partial charge in [0, 0.05) is 39.8 Å². The van der Waals surface area contributed by atoms with Crippen molar-refractivity contribution in [1.29, 1.82) is 0 Å². The minimum absolute atomic E-state index is 0.304. The summed E-state index contributed by atoms with van der Waals surface area (Å²) in [6.45, 7) is 11.8. The lowest BCUT2D eigenvalue weighted by molar-refractivity contribution is 0.964. The van der Waals surface area contributed by atoms with Gasteiger partial charge in [-0.1, -0.05) is 203 Å². The fourth-order valence-corrected chi connectivity index (χ4v) is 8.49. The number of aliphatic imine (C=N–C) groups is 1. The highest BCUT2D eigenvalue weighted by molar-refractivity contribution is 6.10. The number of hydrogen-bond acceptors (Lipinski definition) is 2. The fourth-order valence-electron chi connectivity index (χ4n) is 8.49. The smallest absolute Gasteiger partial charge is 0.0541 e. The average Bonchev–Trinajstić information content (AvgIpc) is 3.71. The normalized spacial score (nSPS) is 11.4. The first-order valence-corrected chi connectivity index (χ1v) is 22.5. The lowest BCUT2D eigenvalue weighted by Crippen LogP contribution is -1.93. The number of aromatic nitrogens is 1. The Hall–Kier alpha value is -8.01. The highest BCUT2D eigenvalue weighted by atomic mass is 15.0. The van der Waals surface area contributed by atoms with Crippen LogP contribution < -0.4 is 5.73 Å². The van der Waals surface area contributed by atoms with Crippen molar-refractivity contribution in [2.45, 2.75) is 33.6 Å². The van der Waals surface area contributed by atoms with E-state index in [0.717, 1.165) is 11.3 Å². The van der Waals surface area contributed by atoms with Crippen LogP contribution in [0.15, 0.2) is 236 Å². The van der Waals surface area contributed by atoms with Gasteiger partial charge < -0.3 is 10.3 Å². The lowest BCUT2D eigenvalue weighted by atomic mass is 9.94. The minimum Gasteiger partial charge on any atom is -0.398 e. The molecule has 2 N–H and O–H groups in total. The summed E-state index contributed by atoms with van der Waals surface area (Å²) in [5, 5.41) is 2.52. The summed E-state index contributed by atoms with van der Waals surface area (Å²) in [5.74, 6) is 0.304. The molecule has 3 heteroatoms. The number of nitrogens with two attached hydrogens (primary N) is 1. The summed E-state index contributed by atoms with van der Waals surface area (Å²) in [6.07, 6.45) is 3.82. The van der Waals surface area contributed by atoms with Crippen molar-refractivity contribution in [2.75, 3.05) is 5.73 Å². The van der Waals surface area contributed by atoms with E-state index in [0.29, 0.717) is 5.92 Å². The minimum atomic E-state index is 0.304. The highest BCUT2D eigenvalue weighted by Gasteiger charge is 2.14. The van der Waals surface area contributed by atoms with Crippen molar-refractivity contribution in [3.8, 4) is 61.3 Å². The van der Waals surface area contributed by atoms with Crippen molar-refractivity contribution in [3.05, 3.63) is 242 Å². The number of fused-ring (bicyclic) bond motifs is 3. The van der Waals surface area contributed by atoms with Crippen LogP contribution in [-0.4, -0.2) is 11.3 Å². The third-order valence-electron chi connectivity index (χ3n) is 11.9.